The van der Waals surface area contributed by atoms with Gasteiger partial charge in [0, 0.05) is 28.4 Å². The largest absolute Gasteiger partial charge is 0.0836 e. The molecule has 0 saturated heterocycles. The van der Waals surface area contributed by atoms with E-state index < -0.39 is 0 Å². The van der Waals surface area contributed by atoms with Gasteiger partial charge in [-0.3, -0.25) is 0 Å². The monoisotopic (exact) mass is 337 g/mol. The summed E-state index contributed by atoms with van der Waals surface area (Å²) in [5, 5.41) is 8.13. The molecule has 0 saturated carbocycles. The SMILES string of the molecule is Clc1cccc2ccc3cc4ccccc4cc3c12.[As]. The summed E-state index contributed by atoms with van der Waals surface area (Å²) in [6.45, 7) is 0. The van der Waals surface area contributed by atoms with Gasteiger partial charge in [-0.15, -0.1) is 0 Å². The van der Waals surface area contributed by atoms with E-state index in [-0.39, 0.29) is 18.0 Å². The Balaban J connectivity index is 0.00000121. The smallest absolute Gasteiger partial charge is 0.0490 e. The Morgan fingerprint density at radius 3 is 2.05 bits per heavy atom. The first-order valence-electron chi connectivity index (χ1n) is 6.33. The fraction of sp³-hybridized carbons (Fsp3) is 0. The van der Waals surface area contributed by atoms with Crippen LogP contribution >= 0.6 is 11.6 Å². The normalized spacial score (nSPS) is 10.8. The van der Waals surface area contributed by atoms with E-state index in [0.29, 0.717) is 0 Å². The zero-order valence-electron chi connectivity index (χ0n) is 10.7. The summed E-state index contributed by atoms with van der Waals surface area (Å²) >= 11 is 6.39. The molecule has 0 heterocycles. The van der Waals surface area contributed by atoms with Crippen molar-refractivity contribution in [2.75, 3.05) is 0 Å². The van der Waals surface area contributed by atoms with Crippen LogP contribution in [0.5, 0.6) is 0 Å². The molecule has 3 radical (unpaired) electrons. The molecular weight excluding hydrogens is 327 g/mol. The molecule has 0 nitrogen and oxygen atoms in total. The van der Waals surface area contributed by atoms with Crippen LogP contribution in [0.4, 0.5) is 0 Å². The van der Waals surface area contributed by atoms with Crippen molar-refractivity contribution >= 4 is 61.9 Å². The zero-order chi connectivity index (χ0) is 12.8. The predicted octanol–water partition coefficient (Wildman–Crippen LogP) is 5.42. The van der Waals surface area contributed by atoms with Crippen LogP contribution in [-0.4, -0.2) is 18.0 Å². The van der Waals surface area contributed by atoms with Crippen molar-refractivity contribution in [3.05, 3.63) is 71.8 Å². The van der Waals surface area contributed by atoms with Gasteiger partial charge >= 0.3 is 0 Å². The summed E-state index contributed by atoms with van der Waals surface area (Å²) < 4.78 is 0. The minimum atomic E-state index is 0. The first-order chi connectivity index (χ1) is 9.33. The molecular formula is C18H11AsCl. The van der Waals surface area contributed by atoms with Crippen LogP contribution in [0.25, 0.3) is 32.3 Å². The van der Waals surface area contributed by atoms with Gasteiger partial charge in [0.25, 0.3) is 0 Å². The molecule has 4 aromatic rings. The third kappa shape index (κ3) is 2.00. The summed E-state index contributed by atoms with van der Waals surface area (Å²) in [6, 6.07) is 23.3. The van der Waals surface area contributed by atoms with Crippen LogP contribution in [-0.2, 0) is 0 Å². The molecule has 0 unspecified atom stereocenters. The maximum absolute atomic E-state index is 6.39. The fourth-order valence-electron chi connectivity index (χ4n) is 2.76. The number of fused-ring (bicyclic) bond motifs is 4. The number of hydrogen-bond donors (Lipinski definition) is 0. The van der Waals surface area contributed by atoms with Gasteiger partial charge in [-0.1, -0.05) is 60.1 Å². The van der Waals surface area contributed by atoms with E-state index in [4.69, 9.17) is 11.6 Å². The second-order valence-corrected chi connectivity index (χ2v) is 5.23. The number of rotatable bonds is 0. The number of benzene rings is 4. The second-order valence-electron chi connectivity index (χ2n) is 4.82. The summed E-state index contributed by atoms with van der Waals surface area (Å²) in [4.78, 5) is 0. The minimum Gasteiger partial charge on any atom is -0.0836 e. The Bertz CT molecular complexity index is 928. The molecule has 0 bridgehead atoms. The molecule has 0 atom stereocenters. The molecule has 0 amide bonds. The van der Waals surface area contributed by atoms with E-state index in [0.717, 1.165) is 10.4 Å². The summed E-state index contributed by atoms with van der Waals surface area (Å²) in [7, 11) is 0. The van der Waals surface area contributed by atoms with E-state index >= 15 is 0 Å². The molecule has 0 fully saturated rings. The quantitative estimate of drug-likeness (QED) is 0.228. The summed E-state index contributed by atoms with van der Waals surface area (Å²) in [5.74, 6) is 0. The maximum Gasteiger partial charge on any atom is 0.0490 e. The van der Waals surface area contributed by atoms with Gasteiger partial charge in [0.2, 0.25) is 0 Å². The molecule has 4 rings (SSSR count). The molecule has 0 aliphatic carbocycles. The Morgan fingerprint density at radius 2 is 1.25 bits per heavy atom. The molecule has 2 heteroatoms. The van der Waals surface area contributed by atoms with Crippen molar-refractivity contribution in [1.29, 1.82) is 0 Å². The average molecular weight is 338 g/mol. The topological polar surface area (TPSA) is 0 Å². The molecule has 20 heavy (non-hydrogen) atoms. The van der Waals surface area contributed by atoms with E-state index in [2.05, 4.69) is 54.6 Å². The van der Waals surface area contributed by atoms with Crippen LogP contribution in [0.15, 0.2) is 66.7 Å². The van der Waals surface area contributed by atoms with E-state index in [1.807, 2.05) is 12.1 Å². The standard InChI is InChI=1S/C18H11Cl.As/c19-17-7-3-6-12-8-9-15-10-13-4-1-2-5-14(13)11-16(15)18(12)17;/h1-11H;. The zero-order valence-corrected chi connectivity index (χ0v) is 13.3. The van der Waals surface area contributed by atoms with Gasteiger partial charge < -0.3 is 0 Å². The van der Waals surface area contributed by atoms with Gasteiger partial charge in [0.05, 0.1) is 0 Å². The Labute approximate surface area is 133 Å². The van der Waals surface area contributed by atoms with Gasteiger partial charge in [0.15, 0.2) is 0 Å². The Hall–Kier alpha value is -1.49. The third-order valence-electron chi connectivity index (χ3n) is 3.68. The van der Waals surface area contributed by atoms with Gasteiger partial charge in [-0.2, -0.15) is 0 Å². The molecule has 0 aromatic heterocycles. The second kappa shape index (κ2) is 5.13. The van der Waals surface area contributed by atoms with Crippen molar-refractivity contribution < 1.29 is 0 Å². The van der Waals surface area contributed by atoms with Crippen molar-refractivity contribution in [3.63, 3.8) is 0 Å². The number of halogens is 1. The molecule has 0 aliphatic heterocycles. The molecule has 0 N–H and O–H groups in total. The Morgan fingerprint density at radius 1 is 0.600 bits per heavy atom. The van der Waals surface area contributed by atoms with Gasteiger partial charge in [0.1, 0.15) is 0 Å². The van der Waals surface area contributed by atoms with Crippen molar-refractivity contribution in [2.24, 2.45) is 0 Å². The van der Waals surface area contributed by atoms with Crippen LogP contribution in [0.1, 0.15) is 0 Å². The first kappa shape index (κ1) is 13.5. The van der Waals surface area contributed by atoms with Gasteiger partial charge in [-0.25, -0.2) is 0 Å². The van der Waals surface area contributed by atoms with Crippen molar-refractivity contribution in [2.45, 2.75) is 0 Å². The fourth-order valence-corrected chi connectivity index (χ4v) is 3.04. The summed E-state index contributed by atoms with van der Waals surface area (Å²) in [6.07, 6.45) is 0. The van der Waals surface area contributed by atoms with E-state index in [1.54, 1.807) is 0 Å². The van der Waals surface area contributed by atoms with Crippen LogP contribution in [0, 0.1) is 0 Å². The Kier molecular flexibility index (Phi) is 3.46. The first-order valence-corrected chi connectivity index (χ1v) is 6.70. The molecule has 95 valence electrons. The van der Waals surface area contributed by atoms with Crippen LogP contribution < -0.4 is 0 Å². The van der Waals surface area contributed by atoms with Crippen LogP contribution in [0.2, 0.25) is 5.02 Å². The van der Waals surface area contributed by atoms with Crippen molar-refractivity contribution in [1.82, 2.24) is 0 Å². The summed E-state index contributed by atoms with van der Waals surface area (Å²) in [5.41, 5.74) is 0. The van der Waals surface area contributed by atoms with Crippen molar-refractivity contribution in [3.8, 4) is 0 Å². The molecule has 0 aliphatic rings. The third-order valence-corrected chi connectivity index (χ3v) is 3.99. The predicted molar refractivity (Wildman–Crippen MR) is 89.7 cm³/mol. The van der Waals surface area contributed by atoms with E-state index in [1.165, 1.54) is 26.9 Å². The average Bonchev–Trinajstić information content (AvgIpc) is 2.45. The maximum atomic E-state index is 6.39. The van der Waals surface area contributed by atoms with E-state index in [9.17, 15) is 0 Å². The van der Waals surface area contributed by atoms with Gasteiger partial charge in [-0.05, 0) is 45.1 Å². The molecule has 0 spiro atoms. The molecule has 4 aromatic carbocycles. The van der Waals surface area contributed by atoms with Crippen LogP contribution in [0.3, 0.4) is 0 Å². The number of hydrogen-bond acceptors (Lipinski definition) is 0. The minimum absolute atomic E-state index is 0.